The molecule has 0 aliphatic carbocycles. The first-order valence-corrected chi connectivity index (χ1v) is 9.49. The second-order valence-corrected chi connectivity index (χ2v) is 7.09. The summed E-state index contributed by atoms with van der Waals surface area (Å²) in [4.78, 5) is 25.4. The quantitative estimate of drug-likeness (QED) is 0.813. The third kappa shape index (κ3) is 5.81. The van der Waals surface area contributed by atoms with Gasteiger partial charge in [0.1, 0.15) is 0 Å². The third-order valence-electron chi connectivity index (χ3n) is 4.94. The van der Waals surface area contributed by atoms with Gasteiger partial charge in [-0.25, -0.2) is 0 Å². The summed E-state index contributed by atoms with van der Waals surface area (Å²) in [7, 11) is 0. The van der Waals surface area contributed by atoms with Crippen LogP contribution in [0.15, 0.2) is 60.7 Å². The molecule has 2 amide bonds. The van der Waals surface area contributed by atoms with Gasteiger partial charge in [-0.15, -0.1) is 0 Å². The molecule has 1 heterocycles. The van der Waals surface area contributed by atoms with Gasteiger partial charge in [0, 0.05) is 31.8 Å². The molecule has 27 heavy (non-hydrogen) atoms. The predicted octanol–water partition coefficient (Wildman–Crippen LogP) is 4.14. The number of hydrogen-bond acceptors (Lipinski definition) is 2. The highest BCUT2D eigenvalue weighted by Crippen LogP contribution is 2.22. The molecule has 0 atom stereocenters. The molecular formula is C23H26N2O2. The van der Waals surface area contributed by atoms with Gasteiger partial charge in [0.05, 0.1) is 0 Å². The molecule has 1 aliphatic heterocycles. The number of rotatable bonds is 5. The number of nitrogens with zero attached hydrogens (tertiary/aromatic N) is 1. The van der Waals surface area contributed by atoms with Crippen LogP contribution in [0.2, 0.25) is 0 Å². The number of anilines is 1. The van der Waals surface area contributed by atoms with E-state index in [2.05, 4.69) is 29.6 Å². The van der Waals surface area contributed by atoms with Crippen LogP contribution in [0.5, 0.6) is 0 Å². The van der Waals surface area contributed by atoms with Gasteiger partial charge in [0.15, 0.2) is 0 Å². The van der Waals surface area contributed by atoms with E-state index in [1.54, 1.807) is 6.08 Å². The Hall–Kier alpha value is -2.88. The Bertz CT molecular complexity index is 789. The summed E-state index contributed by atoms with van der Waals surface area (Å²) >= 11 is 0. The Morgan fingerprint density at radius 2 is 1.70 bits per heavy atom. The third-order valence-corrected chi connectivity index (χ3v) is 4.94. The smallest absolute Gasteiger partial charge is 0.246 e. The molecule has 1 fully saturated rings. The van der Waals surface area contributed by atoms with E-state index in [1.807, 2.05) is 41.3 Å². The molecule has 1 aliphatic rings. The van der Waals surface area contributed by atoms with Crippen LogP contribution in [0.4, 0.5) is 5.69 Å². The number of amides is 2. The molecule has 0 aromatic heterocycles. The van der Waals surface area contributed by atoms with Crippen molar-refractivity contribution in [3.63, 3.8) is 0 Å². The number of nitrogens with one attached hydrogen (secondary N) is 1. The maximum absolute atomic E-state index is 12.4. The van der Waals surface area contributed by atoms with Gasteiger partial charge in [-0.3, -0.25) is 9.59 Å². The molecule has 0 spiro atoms. The minimum atomic E-state index is -0.0934. The molecule has 0 unspecified atom stereocenters. The van der Waals surface area contributed by atoms with Gasteiger partial charge in [0.2, 0.25) is 11.8 Å². The van der Waals surface area contributed by atoms with Crippen molar-refractivity contribution < 1.29 is 9.59 Å². The molecule has 1 N–H and O–H groups in total. The summed E-state index contributed by atoms with van der Waals surface area (Å²) in [6, 6.07) is 18.0. The zero-order chi connectivity index (χ0) is 19.1. The average Bonchev–Trinajstić information content (AvgIpc) is 2.68. The van der Waals surface area contributed by atoms with E-state index in [1.165, 1.54) is 12.5 Å². The van der Waals surface area contributed by atoms with Crippen LogP contribution in [0.25, 0.3) is 6.08 Å². The fraction of sp³-hybridized carbons (Fsp3) is 0.304. The van der Waals surface area contributed by atoms with Crippen LogP contribution in [0.1, 0.15) is 30.9 Å². The molecule has 0 saturated carbocycles. The van der Waals surface area contributed by atoms with Gasteiger partial charge in [-0.2, -0.15) is 0 Å². The fourth-order valence-corrected chi connectivity index (χ4v) is 3.46. The second kappa shape index (κ2) is 9.17. The van der Waals surface area contributed by atoms with E-state index in [4.69, 9.17) is 0 Å². The van der Waals surface area contributed by atoms with Crippen molar-refractivity contribution in [2.75, 3.05) is 18.4 Å². The standard InChI is InChI=1S/C23H26N2O2/c1-18(26)24-22-10-7-19(8-11-22)9-12-23(27)25-15-13-21(14-16-25)17-20-5-3-2-4-6-20/h2-12,21H,13-17H2,1H3,(H,24,26)/b12-9+. The first-order valence-electron chi connectivity index (χ1n) is 9.49. The van der Waals surface area contributed by atoms with Gasteiger partial charge in [-0.1, -0.05) is 42.5 Å². The Morgan fingerprint density at radius 3 is 2.33 bits per heavy atom. The molecular weight excluding hydrogens is 336 g/mol. The molecule has 0 bridgehead atoms. The lowest BCUT2D eigenvalue weighted by Gasteiger charge is -2.31. The van der Waals surface area contributed by atoms with Crippen LogP contribution in [0, 0.1) is 5.92 Å². The largest absolute Gasteiger partial charge is 0.339 e. The first-order chi connectivity index (χ1) is 13.1. The van der Waals surface area contributed by atoms with Crippen LogP contribution in [0.3, 0.4) is 0 Å². The molecule has 2 aromatic rings. The van der Waals surface area contributed by atoms with E-state index in [-0.39, 0.29) is 11.8 Å². The van der Waals surface area contributed by atoms with E-state index >= 15 is 0 Å². The van der Waals surface area contributed by atoms with E-state index in [0.717, 1.165) is 43.6 Å². The first kappa shape index (κ1) is 18.9. The van der Waals surface area contributed by atoms with Crippen molar-refractivity contribution in [1.82, 2.24) is 4.90 Å². The summed E-state index contributed by atoms with van der Waals surface area (Å²) in [6.07, 6.45) is 6.68. The molecule has 1 saturated heterocycles. The molecule has 2 aromatic carbocycles. The van der Waals surface area contributed by atoms with Crippen molar-refractivity contribution in [2.24, 2.45) is 5.92 Å². The molecule has 4 heteroatoms. The highest BCUT2D eigenvalue weighted by Gasteiger charge is 2.21. The number of likely N-dealkylation sites (tertiary alicyclic amines) is 1. The highest BCUT2D eigenvalue weighted by atomic mass is 16.2. The molecule has 4 nitrogen and oxygen atoms in total. The number of carbonyl (C=O) groups is 2. The zero-order valence-electron chi connectivity index (χ0n) is 15.7. The number of hydrogen-bond donors (Lipinski definition) is 1. The monoisotopic (exact) mass is 362 g/mol. The van der Waals surface area contributed by atoms with Gasteiger partial charge in [0.25, 0.3) is 0 Å². The lowest BCUT2D eigenvalue weighted by Crippen LogP contribution is -2.37. The van der Waals surface area contributed by atoms with Gasteiger partial charge >= 0.3 is 0 Å². The van der Waals surface area contributed by atoms with Crippen molar-refractivity contribution in [1.29, 1.82) is 0 Å². The molecule has 0 radical (unpaired) electrons. The van der Waals surface area contributed by atoms with Gasteiger partial charge in [-0.05, 0) is 54.5 Å². The Morgan fingerprint density at radius 1 is 1.04 bits per heavy atom. The SMILES string of the molecule is CC(=O)Nc1ccc(/C=C/C(=O)N2CCC(Cc3ccccc3)CC2)cc1. The summed E-state index contributed by atoms with van der Waals surface area (Å²) < 4.78 is 0. The lowest BCUT2D eigenvalue weighted by atomic mass is 9.90. The van der Waals surface area contributed by atoms with E-state index in [9.17, 15) is 9.59 Å². The molecule has 3 rings (SSSR count). The van der Waals surface area contributed by atoms with Gasteiger partial charge < -0.3 is 10.2 Å². The number of benzene rings is 2. The van der Waals surface area contributed by atoms with E-state index < -0.39 is 0 Å². The topological polar surface area (TPSA) is 49.4 Å². The van der Waals surface area contributed by atoms with Crippen molar-refractivity contribution in [3.05, 3.63) is 71.8 Å². The average molecular weight is 362 g/mol. The van der Waals surface area contributed by atoms with Crippen molar-refractivity contribution in [2.45, 2.75) is 26.2 Å². The Kier molecular flexibility index (Phi) is 6.42. The minimum Gasteiger partial charge on any atom is -0.339 e. The maximum atomic E-state index is 12.4. The second-order valence-electron chi connectivity index (χ2n) is 7.09. The Labute approximate surface area is 160 Å². The highest BCUT2D eigenvalue weighted by molar-refractivity contribution is 5.92. The summed E-state index contributed by atoms with van der Waals surface area (Å²) in [5.74, 6) is 0.630. The fourth-order valence-electron chi connectivity index (χ4n) is 3.46. The molecule has 140 valence electrons. The number of piperidine rings is 1. The minimum absolute atomic E-state index is 0.0686. The van der Waals surface area contributed by atoms with E-state index in [0.29, 0.717) is 5.92 Å². The summed E-state index contributed by atoms with van der Waals surface area (Å²) in [6.45, 7) is 3.12. The lowest BCUT2D eigenvalue weighted by molar-refractivity contribution is -0.127. The predicted molar refractivity (Wildman–Crippen MR) is 109 cm³/mol. The Balaban J connectivity index is 1.47. The number of carbonyl (C=O) groups excluding carboxylic acids is 2. The van der Waals surface area contributed by atoms with Crippen LogP contribution < -0.4 is 5.32 Å². The normalized spacial score (nSPS) is 15.1. The summed E-state index contributed by atoms with van der Waals surface area (Å²) in [5.41, 5.74) is 3.08. The zero-order valence-corrected chi connectivity index (χ0v) is 15.7. The van der Waals surface area contributed by atoms with Crippen LogP contribution in [-0.2, 0) is 16.0 Å². The van der Waals surface area contributed by atoms with Crippen molar-refractivity contribution in [3.8, 4) is 0 Å². The van der Waals surface area contributed by atoms with Crippen molar-refractivity contribution >= 4 is 23.6 Å². The maximum Gasteiger partial charge on any atom is 0.246 e. The van der Waals surface area contributed by atoms with Crippen LogP contribution in [-0.4, -0.2) is 29.8 Å². The summed E-state index contributed by atoms with van der Waals surface area (Å²) in [5, 5.41) is 2.73. The van der Waals surface area contributed by atoms with Crippen LogP contribution >= 0.6 is 0 Å².